The molecule has 1 fully saturated rings. The molecule has 84 valence electrons. The topological polar surface area (TPSA) is 38.3 Å². The molecular weight excluding hydrogens is 202 g/mol. The van der Waals surface area contributed by atoms with E-state index in [1.165, 1.54) is 0 Å². The third-order valence-corrected chi connectivity index (χ3v) is 3.10. The van der Waals surface area contributed by atoms with Gasteiger partial charge in [0.15, 0.2) is 0 Å². The number of carbonyl (C=O) groups is 1. The van der Waals surface area contributed by atoms with Crippen molar-refractivity contribution < 1.29 is 9.53 Å². The van der Waals surface area contributed by atoms with Crippen molar-refractivity contribution in [1.82, 2.24) is 5.32 Å². The average molecular weight is 217 g/mol. The Hall–Kier alpha value is -1.77. The van der Waals surface area contributed by atoms with Gasteiger partial charge in [0.2, 0.25) is 5.91 Å². The van der Waals surface area contributed by atoms with Gasteiger partial charge in [0.1, 0.15) is 5.75 Å². The second-order valence-electron chi connectivity index (χ2n) is 4.04. The van der Waals surface area contributed by atoms with Crippen LogP contribution in [0.1, 0.15) is 18.5 Å². The number of ether oxygens (including phenoxy) is 1. The molecule has 0 radical (unpaired) electrons. The first-order chi connectivity index (χ1) is 7.63. The van der Waals surface area contributed by atoms with Crippen LogP contribution in [0.2, 0.25) is 0 Å². The Balaban J connectivity index is 2.25. The van der Waals surface area contributed by atoms with Gasteiger partial charge in [0, 0.05) is 11.5 Å². The van der Waals surface area contributed by atoms with Gasteiger partial charge in [0.25, 0.3) is 0 Å². The minimum atomic E-state index is -0.0479. The summed E-state index contributed by atoms with van der Waals surface area (Å²) in [5.74, 6) is 0.911. The van der Waals surface area contributed by atoms with Gasteiger partial charge in [-0.25, -0.2) is 0 Å². The molecule has 1 heterocycles. The molecule has 0 aromatic heterocycles. The number of hydrogen-bond acceptors (Lipinski definition) is 2. The quantitative estimate of drug-likeness (QED) is 0.770. The van der Waals surface area contributed by atoms with Crippen LogP contribution in [-0.4, -0.2) is 13.0 Å². The van der Waals surface area contributed by atoms with Crippen molar-refractivity contribution >= 4 is 5.91 Å². The lowest BCUT2D eigenvalue weighted by molar-refractivity contribution is -0.116. The minimum Gasteiger partial charge on any atom is -0.497 e. The number of amides is 1. The third kappa shape index (κ3) is 1.69. The van der Waals surface area contributed by atoms with Crippen LogP contribution in [0.5, 0.6) is 5.75 Å². The second kappa shape index (κ2) is 4.00. The molecule has 1 amide bonds. The highest BCUT2D eigenvalue weighted by Gasteiger charge is 2.33. The van der Waals surface area contributed by atoms with E-state index in [1.54, 1.807) is 7.11 Å². The Morgan fingerprint density at radius 2 is 1.94 bits per heavy atom. The molecule has 16 heavy (non-hydrogen) atoms. The number of rotatable bonds is 2. The highest BCUT2D eigenvalue weighted by molar-refractivity contribution is 5.96. The minimum absolute atomic E-state index is 0.0332. The van der Waals surface area contributed by atoms with Crippen molar-refractivity contribution in [1.29, 1.82) is 0 Å². The van der Waals surface area contributed by atoms with Gasteiger partial charge in [-0.05, 0) is 17.7 Å². The lowest BCUT2D eigenvalue weighted by atomic mass is 9.93. The summed E-state index contributed by atoms with van der Waals surface area (Å²) in [6.45, 7) is 5.80. The molecule has 0 aliphatic carbocycles. The second-order valence-corrected chi connectivity index (χ2v) is 4.04. The molecule has 2 atom stereocenters. The maximum Gasteiger partial charge on any atom is 0.247 e. The Kier molecular flexibility index (Phi) is 2.69. The summed E-state index contributed by atoms with van der Waals surface area (Å²) in [6.07, 6.45) is 0. The number of nitrogens with one attached hydrogen (secondary N) is 1. The SMILES string of the molecule is C=C1C(=O)N[C@@H](c2ccc(OC)cc2)[C@@H]1C. The van der Waals surface area contributed by atoms with Gasteiger partial charge >= 0.3 is 0 Å². The van der Waals surface area contributed by atoms with Crippen molar-refractivity contribution in [3.05, 3.63) is 42.0 Å². The van der Waals surface area contributed by atoms with Crippen LogP contribution in [-0.2, 0) is 4.79 Å². The fourth-order valence-electron chi connectivity index (χ4n) is 1.95. The Labute approximate surface area is 95.1 Å². The van der Waals surface area contributed by atoms with Crippen molar-refractivity contribution in [3.8, 4) is 5.75 Å². The Bertz CT molecular complexity index is 422. The number of methoxy groups -OCH3 is 1. The monoisotopic (exact) mass is 217 g/mol. The van der Waals surface area contributed by atoms with Crippen LogP contribution < -0.4 is 10.1 Å². The molecule has 1 aromatic rings. The van der Waals surface area contributed by atoms with Gasteiger partial charge in [-0.15, -0.1) is 0 Å². The molecule has 2 rings (SSSR count). The first kappa shape index (κ1) is 10.7. The smallest absolute Gasteiger partial charge is 0.247 e. The summed E-state index contributed by atoms with van der Waals surface area (Å²) in [5, 5.41) is 2.93. The van der Waals surface area contributed by atoms with E-state index in [-0.39, 0.29) is 17.9 Å². The number of carbonyl (C=O) groups excluding carboxylic acids is 1. The van der Waals surface area contributed by atoms with E-state index < -0.39 is 0 Å². The molecule has 0 unspecified atom stereocenters. The molecule has 1 aromatic carbocycles. The van der Waals surface area contributed by atoms with E-state index in [0.29, 0.717) is 5.57 Å². The lowest BCUT2D eigenvalue weighted by Gasteiger charge is -2.15. The van der Waals surface area contributed by atoms with Crippen molar-refractivity contribution in [3.63, 3.8) is 0 Å². The summed E-state index contributed by atoms with van der Waals surface area (Å²) < 4.78 is 5.10. The molecule has 0 bridgehead atoms. The molecule has 0 spiro atoms. The number of benzene rings is 1. The molecule has 1 aliphatic heterocycles. The maximum absolute atomic E-state index is 11.5. The summed E-state index contributed by atoms with van der Waals surface area (Å²) in [5.41, 5.74) is 1.74. The van der Waals surface area contributed by atoms with Gasteiger partial charge in [0.05, 0.1) is 13.2 Å². The molecule has 1 aliphatic rings. The summed E-state index contributed by atoms with van der Waals surface area (Å²) in [4.78, 5) is 11.5. The van der Waals surface area contributed by atoms with Crippen molar-refractivity contribution in [2.75, 3.05) is 7.11 Å². The largest absolute Gasteiger partial charge is 0.497 e. The first-order valence-electron chi connectivity index (χ1n) is 5.27. The van der Waals surface area contributed by atoms with E-state index in [4.69, 9.17) is 4.74 Å². The Morgan fingerprint density at radius 1 is 1.31 bits per heavy atom. The molecule has 1 N–H and O–H groups in total. The Morgan fingerprint density at radius 3 is 2.38 bits per heavy atom. The number of hydrogen-bond donors (Lipinski definition) is 1. The van der Waals surface area contributed by atoms with Crippen LogP contribution in [0, 0.1) is 5.92 Å². The third-order valence-electron chi connectivity index (χ3n) is 3.10. The summed E-state index contributed by atoms with van der Waals surface area (Å²) in [6, 6.07) is 7.77. The zero-order valence-corrected chi connectivity index (χ0v) is 9.49. The van der Waals surface area contributed by atoms with E-state index >= 15 is 0 Å². The van der Waals surface area contributed by atoms with Gasteiger partial charge in [-0.3, -0.25) is 4.79 Å². The van der Waals surface area contributed by atoms with E-state index in [9.17, 15) is 4.79 Å². The van der Waals surface area contributed by atoms with Crippen LogP contribution in [0.25, 0.3) is 0 Å². The van der Waals surface area contributed by atoms with Crippen LogP contribution in [0.3, 0.4) is 0 Å². The standard InChI is InChI=1S/C13H15NO2/c1-8-9(2)13(15)14-12(8)10-4-6-11(16-3)7-5-10/h4-8,12H,2H2,1,3H3,(H,14,15)/t8-,12-/m1/s1. The fourth-order valence-corrected chi connectivity index (χ4v) is 1.95. The van der Waals surface area contributed by atoms with Crippen LogP contribution >= 0.6 is 0 Å². The van der Waals surface area contributed by atoms with Gasteiger partial charge in [-0.2, -0.15) is 0 Å². The van der Waals surface area contributed by atoms with Crippen molar-refractivity contribution in [2.45, 2.75) is 13.0 Å². The van der Waals surface area contributed by atoms with Gasteiger partial charge < -0.3 is 10.1 Å². The van der Waals surface area contributed by atoms with Crippen LogP contribution in [0.15, 0.2) is 36.4 Å². The highest BCUT2D eigenvalue weighted by Crippen LogP contribution is 2.33. The summed E-state index contributed by atoms with van der Waals surface area (Å²) in [7, 11) is 1.64. The fraction of sp³-hybridized carbons (Fsp3) is 0.308. The molecular formula is C13H15NO2. The lowest BCUT2D eigenvalue weighted by Crippen LogP contribution is -2.20. The predicted molar refractivity (Wildman–Crippen MR) is 62.2 cm³/mol. The average Bonchev–Trinajstić information content (AvgIpc) is 2.57. The van der Waals surface area contributed by atoms with E-state index in [2.05, 4.69) is 11.9 Å². The summed E-state index contributed by atoms with van der Waals surface area (Å²) >= 11 is 0. The maximum atomic E-state index is 11.5. The van der Waals surface area contributed by atoms with Crippen LogP contribution in [0.4, 0.5) is 0 Å². The molecule has 3 nitrogen and oxygen atoms in total. The first-order valence-corrected chi connectivity index (χ1v) is 5.27. The van der Waals surface area contributed by atoms with E-state index in [1.807, 2.05) is 31.2 Å². The normalized spacial score (nSPS) is 24.4. The predicted octanol–water partition coefficient (Wildman–Crippen LogP) is 2.06. The zero-order chi connectivity index (χ0) is 11.7. The zero-order valence-electron chi connectivity index (χ0n) is 9.49. The molecule has 1 saturated heterocycles. The molecule has 0 saturated carbocycles. The van der Waals surface area contributed by atoms with Gasteiger partial charge in [-0.1, -0.05) is 25.6 Å². The highest BCUT2D eigenvalue weighted by atomic mass is 16.5. The molecule has 3 heteroatoms. The van der Waals surface area contributed by atoms with Crippen molar-refractivity contribution in [2.24, 2.45) is 5.92 Å². The van der Waals surface area contributed by atoms with E-state index in [0.717, 1.165) is 11.3 Å².